The number of anilines is 3. The van der Waals surface area contributed by atoms with E-state index in [1.807, 2.05) is 6.07 Å². The SMILES string of the molecule is CC1=CC(N(C)c2ccc(N(C)c3ccccc3)cc2)=CCC=C1. The fourth-order valence-corrected chi connectivity index (χ4v) is 2.87. The van der Waals surface area contributed by atoms with E-state index in [1.54, 1.807) is 0 Å². The predicted molar refractivity (Wildman–Crippen MR) is 105 cm³/mol. The summed E-state index contributed by atoms with van der Waals surface area (Å²) in [6.07, 6.45) is 9.84. The molecule has 0 aliphatic heterocycles. The van der Waals surface area contributed by atoms with Crippen molar-refractivity contribution in [2.45, 2.75) is 13.3 Å². The van der Waals surface area contributed by atoms with E-state index in [-0.39, 0.29) is 0 Å². The van der Waals surface area contributed by atoms with Gasteiger partial charge in [0.25, 0.3) is 0 Å². The quantitative estimate of drug-likeness (QED) is 0.716. The molecule has 0 N–H and O–H groups in total. The Kier molecular flexibility index (Phi) is 4.85. The summed E-state index contributed by atoms with van der Waals surface area (Å²) in [5.41, 5.74) is 6.08. The summed E-state index contributed by atoms with van der Waals surface area (Å²) < 4.78 is 0. The van der Waals surface area contributed by atoms with Crippen molar-refractivity contribution in [3.8, 4) is 0 Å². The molecule has 0 radical (unpaired) electrons. The van der Waals surface area contributed by atoms with Gasteiger partial charge in [0.15, 0.2) is 0 Å². The summed E-state index contributed by atoms with van der Waals surface area (Å²) in [7, 11) is 4.22. The molecule has 122 valence electrons. The largest absolute Gasteiger partial charge is 0.345 e. The van der Waals surface area contributed by atoms with Gasteiger partial charge < -0.3 is 9.80 Å². The summed E-state index contributed by atoms with van der Waals surface area (Å²) in [4.78, 5) is 4.44. The molecule has 0 heterocycles. The molecule has 3 rings (SSSR count). The molecule has 0 bridgehead atoms. The predicted octanol–water partition coefficient (Wildman–Crippen LogP) is 5.68. The average Bonchev–Trinajstić information content (AvgIpc) is 2.86. The Balaban J connectivity index is 1.79. The van der Waals surface area contributed by atoms with Crippen LogP contribution in [0.5, 0.6) is 0 Å². The maximum absolute atomic E-state index is 2.26. The summed E-state index contributed by atoms with van der Waals surface area (Å²) in [6.45, 7) is 2.14. The van der Waals surface area contributed by atoms with E-state index in [4.69, 9.17) is 0 Å². The minimum Gasteiger partial charge on any atom is -0.345 e. The molecule has 2 heteroatoms. The molecule has 0 atom stereocenters. The minimum atomic E-state index is 0.975. The monoisotopic (exact) mass is 316 g/mol. The summed E-state index contributed by atoms with van der Waals surface area (Å²) in [5.74, 6) is 0. The van der Waals surface area contributed by atoms with Crippen LogP contribution in [0.25, 0.3) is 0 Å². The number of benzene rings is 2. The van der Waals surface area contributed by atoms with Crippen LogP contribution in [-0.2, 0) is 0 Å². The highest BCUT2D eigenvalue weighted by molar-refractivity contribution is 5.66. The fourth-order valence-electron chi connectivity index (χ4n) is 2.87. The number of likely N-dealkylation sites (N-methyl/N-ethyl adjacent to an activating group) is 1. The number of hydrogen-bond donors (Lipinski definition) is 0. The number of para-hydroxylation sites is 1. The zero-order valence-electron chi connectivity index (χ0n) is 14.6. The Morgan fingerprint density at radius 1 is 0.750 bits per heavy atom. The van der Waals surface area contributed by atoms with Gasteiger partial charge in [0.05, 0.1) is 0 Å². The lowest BCUT2D eigenvalue weighted by atomic mass is 10.2. The van der Waals surface area contributed by atoms with Crippen LogP contribution >= 0.6 is 0 Å². The minimum absolute atomic E-state index is 0.975. The van der Waals surface area contributed by atoms with E-state index in [9.17, 15) is 0 Å². The first-order valence-corrected chi connectivity index (χ1v) is 8.33. The van der Waals surface area contributed by atoms with E-state index in [1.165, 1.54) is 28.3 Å². The lowest BCUT2D eigenvalue weighted by molar-refractivity contribution is 1.11. The van der Waals surface area contributed by atoms with E-state index in [0.29, 0.717) is 0 Å². The first kappa shape index (κ1) is 16.1. The maximum Gasteiger partial charge on any atom is 0.0409 e. The van der Waals surface area contributed by atoms with Gasteiger partial charge in [-0.2, -0.15) is 0 Å². The van der Waals surface area contributed by atoms with Gasteiger partial charge in [0, 0.05) is 36.9 Å². The highest BCUT2D eigenvalue weighted by atomic mass is 15.1. The highest BCUT2D eigenvalue weighted by Gasteiger charge is 2.08. The zero-order chi connectivity index (χ0) is 16.9. The normalized spacial score (nSPS) is 13.8. The van der Waals surface area contributed by atoms with Crippen LogP contribution in [0.4, 0.5) is 17.1 Å². The number of allylic oxidation sites excluding steroid dienone is 5. The van der Waals surface area contributed by atoms with Gasteiger partial charge in [-0.25, -0.2) is 0 Å². The summed E-state index contributed by atoms with van der Waals surface area (Å²) in [6, 6.07) is 19.1. The van der Waals surface area contributed by atoms with Crippen molar-refractivity contribution in [1.82, 2.24) is 0 Å². The molecule has 2 nitrogen and oxygen atoms in total. The Morgan fingerprint density at radius 3 is 2.00 bits per heavy atom. The van der Waals surface area contributed by atoms with Gasteiger partial charge in [0.2, 0.25) is 0 Å². The highest BCUT2D eigenvalue weighted by Crippen LogP contribution is 2.27. The van der Waals surface area contributed by atoms with Gasteiger partial charge in [-0.05, 0) is 61.4 Å². The molecular weight excluding hydrogens is 292 g/mol. The molecule has 0 saturated heterocycles. The van der Waals surface area contributed by atoms with Crippen molar-refractivity contribution in [2.24, 2.45) is 0 Å². The molecular formula is C22H24N2. The second kappa shape index (κ2) is 7.22. The van der Waals surface area contributed by atoms with Crippen LogP contribution in [0.3, 0.4) is 0 Å². The molecule has 0 spiro atoms. The van der Waals surface area contributed by atoms with Crippen LogP contribution in [-0.4, -0.2) is 14.1 Å². The molecule has 0 unspecified atom stereocenters. The number of nitrogens with zero attached hydrogens (tertiary/aromatic N) is 2. The van der Waals surface area contributed by atoms with Crippen LogP contribution < -0.4 is 9.80 Å². The summed E-state index contributed by atoms with van der Waals surface area (Å²) >= 11 is 0. The third-order valence-electron chi connectivity index (χ3n) is 4.37. The van der Waals surface area contributed by atoms with Gasteiger partial charge in [-0.1, -0.05) is 36.4 Å². The molecule has 24 heavy (non-hydrogen) atoms. The van der Waals surface area contributed by atoms with Crippen LogP contribution in [0.2, 0.25) is 0 Å². The van der Waals surface area contributed by atoms with Crippen LogP contribution in [0, 0.1) is 0 Å². The number of hydrogen-bond acceptors (Lipinski definition) is 2. The maximum atomic E-state index is 2.26. The second-order valence-corrected chi connectivity index (χ2v) is 6.13. The third kappa shape index (κ3) is 3.60. The smallest absolute Gasteiger partial charge is 0.0409 e. The van der Waals surface area contributed by atoms with Crippen molar-refractivity contribution in [3.63, 3.8) is 0 Å². The lowest BCUT2D eigenvalue weighted by Gasteiger charge is -2.23. The van der Waals surface area contributed by atoms with Gasteiger partial charge in [0.1, 0.15) is 0 Å². The van der Waals surface area contributed by atoms with Gasteiger partial charge in [-0.15, -0.1) is 0 Å². The second-order valence-electron chi connectivity index (χ2n) is 6.13. The molecule has 1 aliphatic carbocycles. The zero-order valence-corrected chi connectivity index (χ0v) is 14.6. The molecule has 2 aromatic rings. The van der Waals surface area contributed by atoms with Crippen molar-refractivity contribution < 1.29 is 0 Å². The van der Waals surface area contributed by atoms with Crippen LogP contribution in [0.1, 0.15) is 13.3 Å². The first-order chi connectivity index (χ1) is 11.6. The van der Waals surface area contributed by atoms with Crippen molar-refractivity contribution in [2.75, 3.05) is 23.9 Å². The average molecular weight is 316 g/mol. The van der Waals surface area contributed by atoms with E-state index < -0.39 is 0 Å². The Hall–Kier alpha value is -2.74. The summed E-state index contributed by atoms with van der Waals surface area (Å²) in [5, 5.41) is 0. The van der Waals surface area contributed by atoms with Gasteiger partial charge >= 0.3 is 0 Å². The molecule has 2 aromatic carbocycles. The molecule has 0 saturated carbocycles. The van der Waals surface area contributed by atoms with E-state index in [0.717, 1.165) is 6.42 Å². The van der Waals surface area contributed by atoms with Crippen molar-refractivity contribution in [3.05, 3.63) is 90.2 Å². The van der Waals surface area contributed by atoms with Crippen LogP contribution in [0.15, 0.2) is 90.2 Å². The molecule has 0 fully saturated rings. The number of rotatable bonds is 4. The third-order valence-corrected chi connectivity index (χ3v) is 4.37. The Bertz CT molecular complexity index is 767. The first-order valence-electron chi connectivity index (χ1n) is 8.33. The molecule has 0 amide bonds. The van der Waals surface area contributed by atoms with Gasteiger partial charge in [-0.3, -0.25) is 0 Å². The topological polar surface area (TPSA) is 6.48 Å². The Morgan fingerprint density at radius 2 is 1.33 bits per heavy atom. The standard InChI is InChI=1S/C22H24N2/c1-18-9-7-8-12-22(17-18)24(3)21-15-13-20(14-16-21)23(2)19-10-5-4-6-11-19/h4-7,9-17H,8H2,1-3H3. The molecule has 1 aliphatic rings. The molecule has 0 aromatic heterocycles. The Labute approximate surface area is 145 Å². The van der Waals surface area contributed by atoms with Crippen molar-refractivity contribution in [1.29, 1.82) is 0 Å². The van der Waals surface area contributed by atoms with E-state index >= 15 is 0 Å². The van der Waals surface area contributed by atoms with Crippen molar-refractivity contribution >= 4 is 17.1 Å². The lowest BCUT2D eigenvalue weighted by Crippen LogP contribution is -2.15. The fraction of sp³-hybridized carbons (Fsp3) is 0.182. The van der Waals surface area contributed by atoms with E-state index in [2.05, 4.69) is 104 Å².